The van der Waals surface area contributed by atoms with Gasteiger partial charge >= 0.3 is 0 Å². The van der Waals surface area contributed by atoms with Crippen LogP contribution in [-0.2, 0) is 26.1 Å². The van der Waals surface area contributed by atoms with Crippen LogP contribution in [0.25, 0.3) is 0 Å². The van der Waals surface area contributed by atoms with Crippen molar-refractivity contribution in [2.75, 3.05) is 20.7 Å². The molecule has 2 rings (SSSR count). The minimum Gasteiger partial charge on any atom is -0.368 e. The number of nitrogens with zero attached hydrogens (tertiary/aromatic N) is 1. The molecule has 0 spiro atoms. The predicted octanol–water partition coefficient (Wildman–Crippen LogP) is 0.732. The first-order valence-electron chi connectivity index (χ1n) is 6.82. The van der Waals surface area contributed by atoms with Gasteiger partial charge in [-0.05, 0) is 24.5 Å². The first kappa shape index (κ1) is 15.9. The van der Waals surface area contributed by atoms with Crippen molar-refractivity contribution >= 4 is 15.9 Å². The molecule has 116 valence electrons. The first-order valence-corrected chi connectivity index (χ1v) is 8.26. The maximum absolute atomic E-state index is 12.2. The number of hydrogen-bond acceptors (Lipinski definition) is 4. The van der Waals surface area contributed by atoms with Gasteiger partial charge in [0.1, 0.15) is 6.10 Å². The molecule has 6 nitrogen and oxygen atoms in total. The predicted molar refractivity (Wildman–Crippen MR) is 78.1 cm³/mol. The summed E-state index contributed by atoms with van der Waals surface area (Å²) in [6.45, 7) is 0.769. The van der Waals surface area contributed by atoms with Crippen molar-refractivity contribution in [3.63, 3.8) is 0 Å². The number of nitrogens with one attached hydrogen (secondary N) is 1. The molecule has 1 fully saturated rings. The third kappa shape index (κ3) is 3.61. The van der Waals surface area contributed by atoms with Gasteiger partial charge in [-0.15, -0.1) is 0 Å². The fraction of sp³-hybridized carbons (Fsp3) is 0.500. The highest BCUT2D eigenvalue weighted by Crippen LogP contribution is 2.18. The number of carbonyl (C=O) groups is 1. The number of carbonyl (C=O) groups excluding carboxylic acids is 1. The molecule has 0 saturated carbocycles. The van der Waals surface area contributed by atoms with E-state index in [1.54, 1.807) is 24.3 Å². The Bertz CT molecular complexity index is 607. The lowest BCUT2D eigenvalue weighted by atomic mass is 10.2. The molecule has 21 heavy (non-hydrogen) atoms. The van der Waals surface area contributed by atoms with E-state index in [4.69, 9.17) is 4.74 Å². The van der Waals surface area contributed by atoms with Crippen LogP contribution in [0.4, 0.5) is 0 Å². The van der Waals surface area contributed by atoms with E-state index in [1.165, 1.54) is 14.1 Å². The monoisotopic (exact) mass is 312 g/mol. The molecule has 1 N–H and O–H groups in total. The number of rotatable bonds is 5. The van der Waals surface area contributed by atoms with E-state index in [1.807, 2.05) is 0 Å². The second kappa shape index (κ2) is 6.55. The molecule has 1 aromatic rings. The highest BCUT2D eigenvalue weighted by Gasteiger charge is 2.25. The molecule has 1 amide bonds. The summed E-state index contributed by atoms with van der Waals surface area (Å²) in [7, 11) is -0.557. The summed E-state index contributed by atoms with van der Waals surface area (Å²) >= 11 is 0. The Labute approximate surface area is 125 Å². The second-order valence-electron chi connectivity index (χ2n) is 5.11. The van der Waals surface area contributed by atoms with Gasteiger partial charge in [-0.25, -0.2) is 12.7 Å². The molecule has 0 bridgehead atoms. The molecule has 1 heterocycles. The van der Waals surface area contributed by atoms with E-state index >= 15 is 0 Å². The lowest BCUT2D eigenvalue weighted by Crippen LogP contribution is -2.34. The third-order valence-corrected chi connectivity index (χ3v) is 5.32. The fourth-order valence-electron chi connectivity index (χ4n) is 2.18. The minimum absolute atomic E-state index is 0.169. The summed E-state index contributed by atoms with van der Waals surface area (Å²) in [6.07, 6.45) is 1.18. The average molecular weight is 312 g/mol. The molecule has 1 unspecified atom stereocenters. The summed E-state index contributed by atoms with van der Waals surface area (Å²) in [4.78, 5) is 12.1. The van der Waals surface area contributed by atoms with Crippen molar-refractivity contribution in [1.82, 2.24) is 9.62 Å². The normalized spacial score (nSPS) is 18.9. The lowest BCUT2D eigenvalue weighted by molar-refractivity contribution is -0.130. The molecule has 1 aromatic carbocycles. The van der Waals surface area contributed by atoms with Gasteiger partial charge in [-0.1, -0.05) is 18.2 Å². The van der Waals surface area contributed by atoms with Crippen LogP contribution in [0.2, 0.25) is 0 Å². The van der Waals surface area contributed by atoms with E-state index in [0.717, 1.165) is 10.7 Å². The second-order valence-corrected chi connectivity index (χ2v) is 7.23. The van der Waals surface area contributed by atoms with Crippen LogP contribution in [-0.4, -0.2) is 45.4 Å². The summed E-state index contributed by atoms with van der Waals surface area (Å²) < 4.78 is 30.9. The van der Waals surface area contributed by atoms with Gasteiger partial charge in [0.05, 0.1) is 4.90 Å². The van der Waals surface area contributed by atoms with Crippen LogP contribution in [0, 0.1) is 0 Å². The Hall–Kier alpha value is -1.44. The number of hydrogen-bond donors (Lipinski definition) is 1. The maximum atomic E-state index is 12.2. The molecule has 1 atom stereocenters. The smallest absolute Gasteiger partial charge is 0.249 e. The number of amides is 1. The molecule has 0 aromatic heterocycles. The average Bonchev–Trinajstić information content (AvgIpc) is 2.99. The Morgan fingerprint density at radius 2 is 2.10 bits per heavy atom. The summed E-state index contributed by atoms with van der Waals surface area (Å²) in [5.74, 6) is -0.190. The van der Waals surface area contributed by atoms with Gasteiger partial charge in [0, 0.05) is 27.2 Å². The van der Waals surface area contributed by atoms with Crippen molar-refractivity contribution < 1.29 is 17.9 Å². The van der Waals surface area contributed by atoms with Crippen LogP contribution in [0.1, 0.15) is 18.4 Å². The van der Waals surface area contributed by atoms with Crippen molar-refractivity contribution in [1.29, 1.82) is 0 Å². The highest BCUT2D eigenvalue weighted by atomic mass is 32.2. The molecular formula is C14H20N2O4S. The minimum atomic E-state index is -3.52. The maximum Gasteiger partial charge on any atom is 0.249 e. The molecule has 0 radical (unpaired) electrons. The van der Waals surface area contributed by atoms with Gasteiger partial charge in [0.15, 0.2) is 0 Å². The Morgan fingerprint density at radius 3 is 2.71 bits per heavy atom. The summed E-state index contributed by atoms with van der Waals surface area (Å²) in [5, 5.41) is 2.75. The Morgan fingerprint density at radius 1 is 1.38 bits per heavy atom. The van der Waals surface area contributed by atoms with E-state index in [0.29, 0.717) is 18.6 Å². The van der Waals surface area contributed by atoms with Crippen molar-refractivity contribution in [3.8, 4) is 0 Å². The zero-order chi connectivity index (χ0) is 15.5. The highest BCUT2D eigenvalue weighted by molar-refractivity contribution is 7.89. The SMILES string of the molecule is CN(C)S(=O)(=O)c1ccccc1CNC(=O)C1CCCO1. The molecule has 1 aliphatic heterocycles. The van der Waals surface area contributed by atoms with Crippen molar-refractivity contribution in [3.05, 3.63) is 29.8 Å². The molecule has 7 heteroatoms. The van der Waals surface area contributed by atoms with Crippen LogP contribution < -0.4 is 5.32 Å². The van der Waals surface area contributed by atoms with E-state index < -0.39 is 16.1 Å². The standard InChI is InChI=1S/C14H20N2O4S/c1-16(2)21(18,19)13-8-4-3-6-11(13)10-15-14(17)12-7-5-9-20-12/h3-4,6,8,12H,5,7,9-10H2,1-2H3,(H,15,17). The largest absolute Gasteiger partial charge is 0.368 e. The van der Waals surface area contributed by atoms with Crippen LogP contribution >= 0.6 is 0 Å². The molecule has 0 aliphatic carbocycles. The fourth-order valence-corrected chi connectivity index (χ4v) is 3.29. The van der Waals surface area contributed by atoms with Crippen molar-refractivity contribution in [2.45, 2.75) is 30.4 Å². The first-order chi connectivity index (χ1) is 9.93. The quantitative estimate of drug-likeness (QED) is 0.870. The van der Waals surface area contributed by atoms with Gasteiger partial charge < -0.3 is 10.1 Å². The third-order valence-electron chi connectivity index (χ3n) is 3.41. The van der Waals surface area contributed by atoms with Gasteiger partial charge in [0.2, 0.25) is 15.9 Å². The molecular weight excluding hydrogens is 292 g/mol. The molecule has 1 saturated heterocycles. The molecule has 1 aliphatic rings. The summed E-state index contributed by atoms with van der Waals surface area (Å²) in [5.41, 5.74) is 0.567. The van der Waals surface area contributed by atoms with Crippen LogP contribution in [0.3, 0.4) is 0 Å². The zero-order valence-electron chi connectivity index (χ0n) is 12.2. The number of ether oxygens (including phenoxy) is 1. The van der Waals surface area contributed by atoms with Crippen molar-refractivity contribution in [2.24, 2.45) is 0 Å². The van der Waals surface area contributed by atoms with Gasteiger partial charge in [0.25, 0.3) is 0 Å². The van der Waals surface area contributed by atoms with E-state index in [2.05, 4.69) is 5.32 Å². The number of benzene rings is 1. The van der Waals surface area contributed by atoms with Crippen LogP contribution in [0.15, 0.2) is 29.2 Å². The zero-order valence-corrected chi connectivity index (χ0v) is 13.0. The van der Waals surface area contributed by atoms with Gasteiger partial charge in [-0.3, -0.25) is 4.79 Å². The lowest BCUT2D eigenvalue weighted by Gasteiger charge is -2.16. The van der Waals surface area contributed by atoms with E-state index in [-0.39, 0.29) is 17.3 Å². The topological polar surface area (TPSA) is 75.7 Å². The van der Waals surface area contributed by atoms with Gasteiger partial charge in [-0.2, -0.15) is 0 Å². The van der Waals surface area contributed by atoms with Crippen LogP contribution in [0.5, 0.6) is 0 Å². The summed E-state index contributed by atoms with van der Waals surface area (Å²) in [6, 6.07) is 6.67. The Balaban J connectivity index is 2.12. The number of sulfonamides is 1. The van der Waals surface area contributed by atoms with E-state index in [9.17, 15) is 13.2 Å². The Kier molecular flexibility index (Phi) is 4.97.